The third-order valence-corrected chi connectivity index (χ3v) is 6.05. The number of aromatic nitrogens is 1. The van der Waals surface area contributed by atoms with Gasteiger partial charge in [0.25, 0.3) is 0 Å². The van der Waals surface area contributed by atoms with Gasteiger partial charge in [-0.3, -0.25) is 9.69 Å². The minimum Gasteiger partial charge on any atom is -0.497 e. The van der Waals surface area contributed by atoms with E-state index in [0.29, 0.717) is 36.1 Å². The second-order valence-corrected chi connectivity index (χ2v) is 8.40. The lowest BCUT2D eigenvalue weighted by molar-refractivity contribution is -0.121. The van der Waals surface area contributed by atoms with Gasteiger partial charge >= 0.3 is 0 Å². The number of halogens is 1. The second kappa shape index (κ2) is 10.7. The summed E-state index contributed by atoms with van der Waals surface area (Å²) in [4.78, 5) is 19.3. The molecule has 32 heavy (non-hydrogen) atoms. The molecule has 0 saturated carbocycles. The summed E-state index contributed by atoms with van der Waals surface area (Å²) in [5.41, 5.74) is 2.07. The van der Waals surface area contributed by atoms with Crippen LogP contribution in [0.2, 0.25) is 5.02 Å². The Balaban J connectivity index is 1.33. The number of likely N-dealkylation sites (tertiary alicyclic amines) is 1. The third kappa shape index (κ3) is 5.69. The van der Waals surface area contributed by atoms with Gasteiger partial charge in [0.15, 0.2) is 11.7 Å². The topological polar surface area (TPSA) is 67.6 Å². The maximum atomic E-state index is 12.6. The van der Waals surface area contributed by atoms with E-state index >= 15 is 0 Å². The van der Waals surface area contributed by atoms with Crippen LogP contribution in [0.5, 0.6) is 5.75 Å². The summed E-state index contributed by atoms with van der Waals surface area (Å²) in [5.74, 6) is 2.04. The summed E-state index contributed by atoms with van der Waals surface area (Å²) in [7, 11) is 1.67. The molecule has 0 aliphatic carbocycles. The lowest BCUT2D eigenvalue weighted by Gasteiger charge is -2.28. The number of nitrogens with one attached hydrogen (secondary N) is 1. The van der Waals surface area contributed by atoms with Gasteiger partial charge in [-0.05, 0) is 67.9 Å². The highest BCUT2D eigenvalue weighted by Gasteiger charge is 2.24. The van der Waals surface area contributed by atoms with Crippen molar-refractivity contribution in [3.8, 4) is 17.1 Å². The van der Waals surface area contributed by atoms with Gasteiger partial charge in [0.2, 0.25) is 5.91 Å². The third-order valence-electron chi connectivity index (χ3n) is 5.80. The number of methoxy groups -OCH3 is 1. The molecule has 1 amide bonds. The Morgan fingerprint density at radius 3 is 2.75 bits per heavy atom. The van der Waals surface area contributed by atoms with Crippen LogP contribution >= 0.6 is 11.6 Å². The number of hydrogen-bond donors (Lipinski definition) is 1. The van der Waals surface area contributed by atoms with Gasteiger partial charge in [-0.15, -0.1) is 0 Å². The summed E-state index contributed by atoms with van der Waals surface area (Å²) in [5, 5.41) is 3.78. The van der Waals surface area contributed by atoms with Crippen LogP contribution in [0.4, 0.5) is 0 Å². The van der Waals surface area contributed by atoms with E-state index in [4.69, 9.17) is 20.8 Å². The molecule has 2 heterocycles. The summed E-state index contributed by atoms with van der Waals surface area (Å²) < 4.78 is 11.2. The molecule has 1 saturated heterocycles. The number of hydrogen-bond acceptors (Lipinski definition) is 5. The van der Waals surface area contributed by atoms with E-state index in [-0.39, 0.29) is 11.9 Å². The molecule has 168 valence electrons. The zero-order valence-corrected chi connectivity index (χ0v) is 19.0. The normalized spacial score (nSPS) is 14.9. The molecular weight excluding hydrogens is 426 g/mol. The van der Waals surface area contributed by atoms with E-state index in [0.717, 1.165) is 30.0 Å². The molecule has 1 aliphatic rings. The Hall–Kier alpha value is -2.83. The number of nitrogens with zero attached hydrogens (tertiary/aromatic N) is 2. The summed E-state index contributed by atoms with van der Waals surface area (Å²) in [6, 6.07) is 15.6. The van der Waals surface area contributed by atoms with Gasteiger partial charge in [-0.1, -0.05) is 23.7 Å². The van der Waals surface area contributed by atoms with Gasteiger partial charge in [-0.25, -0.2) is 4.98 Å². The van der Waals surface area contributed by atoms with E-state index in [1.807, 2.05) is 36.4 Å². The maximum absolute atomic E-state index is 12.6. The van der Waals surface area contributed by atoms with Gasteiger partial charge in [0.05, 0.1) is 19.3 Å². The van der Waals surface area contributed by atoms with Crippen molar-refractivity contribution in [1.29, 1.82) is 0 Å². The molecule has 2 aromatic carbocycles. The molecular formula is C25H28ClN3O3. The van der Waals surface area contributed by atoms with Crippen molar-refractivity contribution >= 4 is 17.5 Å². The van der Waals surface area contributed by atoms with Crippen molar-refractivity contribution in [2.75, 3.05) is 26.7 Å². The highest BCUT2D eigenvalue weighted by molar-refractivity contribution is 6.30. The molecule has 1 fully saturated rings. The SMILES string of the molecule is COc1cccc(C(CNC(=O)CCc2ncc(-c3ccc(Cl)cc3)o2)N2CCCC2)c1. The van der Waals surface area contributed by atoms with Crippen molar-refractivity contribution in [3.05, 3.63) is 71.2 Å². The quantitative estimate of drug-likeness (QED) is 0.499. The number of oxazole rings is 1. The maximum Gasteiger partial charge on any atom is 0.220 e. The van der Waals surface area contributed by atoms with Gasteiger partial charge in [-0.2, -0.15) is 0 Å². The number of aryl methyl sites for hydroxylation is 1. The van der Waals surface area contributed by atoms with E-state index in [2.05, 4.69) is 27.3 Å². The molecule has 4 rings (SSSR count). The number of amides is 1. The predicted octanol–water partition coefficient (Wildman–Crippen LogP) is 4.89. The first-order valence-corrected chi connectivity index (χ1v) is 11.4. The van der Waals surface area contributed by atoms with Crippen molar-refractivity contribution in [2.45, 2.75) is 31.7 Å². The lowest BCUT2D eigenvalue weighted by Crippen LogP contribution is -2.36. The number of ether oxygens (including phenoxy) is 1. The molecule has 1 N–H and O–H groups in total. The van der Waals surface area contributed by atoms with Crippen LogP contribution in [0, 0.1) is 0 Å². The number of carbonyl (C=O) groups excluding carboxylic acids is 1. The van der Waals surface area contributed by atoms with Crippen molar-refractivity contribution in [2.24, 2.45) is 0 Å². The van der Waals surface area contributed by atoms with E-state index in [1.165, 1.54) is 12.8 Å². The van der Waals surface area contributed by atoms with Crippen LogP contribution in [-0.4, -0.2) is 42.5 Å². The molecule has 6 nitrogen and oxygen atoms in total. The molecule has 0 bridgehead atoms. The first kappa shape index (κ1) is 22.4. The molecule has 1 unspecified atom stereocenters. The minimum atomic E-state index is -0.0108. The van der Waals surface area contributed by atoms with Crippen LogP contribution in [0.3, 0.4) is 0 Å². The lowest BCUT2D eigenvalue weighted by atomic mass is 10.0. The van der Waals surface area contributed by atoms with Crippen molar-refractivity contribution in [1.82, 2.24) is 15.2 Å². The fraction of sp³-hybridized carbons (Fsp3) is 0.360. The standard InChI is InChI=1S/C25H28ClN3O3/c1-31-21-6-4-5-19(15-21)22(29-13-2-3-14-29)16-27-24(30)11-12-25-28-17-23(32-25)18-7-9-20(26)10-8-18/h4-10,15,17,22H,2-3,11-14,16H2,1H3,(H,27,30). The Morgan fingerprint density at radius 2 is 2.00 bits per heavy atom. The fourth-order valence-electron chi connectivity index (χ4n) is 4.05. The molecule has 0 spiro atoms. The fourth-order valence-corrected chi connectivity index (χ4v) is 4.18. The van der Waals surface area contributed by atoms with Gasteiger partial charge in [0, 0.05) is 30.0 Å². The zero-order chi connectivity index (χ0) is 22.3. The number of carbonyl (C=O) groups is 1. The highest BCUT2D eigenvalue weighted by Crippen LogP contribution is 2.27. The van der Waals surface area contributed by atoms with Crippen LogP contribution in [0.15, 0.2) is 59.1 Å². The van der Waals surface area contributed by atoms with Gasteiger partial charge in [0.1, 0.15) is 5.75 Å². The Labute approximate surface area is 193 Å². The summed E-state index contributed by atoms with van der Waals surface area (Å²) in [6.45, 7) is 2.65. The van der Waals surface area contributed by atoms with Crippen LogP contribution in [-0.2, 0) is 11.2 Å². The largest absolute Gasteiger partial charge is 0.497 e. The van der Waals surface area contributed by atoms with Crippen LogP contribution < -0.4 is 10.1 Å². The van der Waals surface area contributed by atoms with E-state index in [1.54, 1.807) is 13.3 Å². The Bertz CT molecular complexity index is 1030. The predicted molar refractivity (Wildman–Crippen MR) is 125 cm³/mol. The molecule has 0 radical (unpaired) electrons. The Kier molecular flexibility index (Phi) is 7.45. The number of benzene rings is 2. The monoisotopic (exact) mass is 453 g/mol. The molecule has 1 atom stereocenters. The summed E-state index contributed by atoms with van der Waals surface area (Å²) in [6.07, 6.45) is 4.84. The average molecular weight is 454 g/mol. The zero-order valence-electron chi connectivity index (χ0n) is 18.2. The smallest absolute Gasteiger partial charge is 0.220 e. The molecule has 1 aliphatic heterocycles. The van der Waals surface area contributed by atoms with Gasteiger partial charge < -0.3 is 14.5 Å². The minimum absolute atomic E-state index is 0.0108. The molecule has 3 aromatic rings. The Morgan fingerprint density at radius 1 is 1.22 bits per heavy atom. The highest BCUT2D eigenvalue weighted by atomic mass is 35.5. The van der Waals surface area contributed by atoms with Crippen molar-refractivity contribution < 1.29 is 13.9 Å². The second-order valence-electron chi connectivity index (χ2n) is 7.96. The first-order valence-electron chi connectivity index (χ1n) is 11.0. The van der Waals surface area contributed by atoms with E-state index in [9.17, 15) is 4.79 Å². The van der Waals surface area contributed by atoms with Crippen LogP contribution in [0.25, 0.3) is 11.3 Å². The van der Waals surface area contributed by atoms with E-state index < -0.39 is 0 Å². The molecule has 1 aromatic heterocycles. The molecule has 7 heteroatoms. The van der Waals surface area contributed by atoms with Crippen molar-refractivity contribution in [3.63, 3.8) is 0 Å². The first-order chi connectivity index (χ1) is 15.6. The van der Waals surface area contributed by atoms with Crippen LogP contribution in [0.1, 0.15) is 36.8 Å². The summed E-state index contributed by atoms with van der Waals surface area (Å²) >= 11 is 5.94. The average Bonchev–Trinajstić information content (AvgIpc) is 3.51. The number of rotatable bonds is 9.